The molecule has 1 atom stereocenters. The van der Waals surface area contributed by atoms with Gasteiger partial charge in [-0.05, 0) is 13.0 Å². The van der Waals surface area contributed by atoms with Gasteiger partial charge in [0.05, 0.1) is 17.9 Å². The summed E-state index contributed by atoms with van der Waals surface area (Å²) in [7, 11) is 0. The van der Waals surface area contributed by atoms with Crippen LogP contribution in [-0.4, -0.2) is 9.97 Å². The topological polar surface area (TPSA) is 63.8 Å². The van der Waals surface area contributed by atoms with Crippen LogP contribution in [0.15, 0.2) is 36.8 Å². The van der Waals surface area contributed by atoms with Gasteiger partial charge in [-0.2, -0.15) is 0 Å². The highest BCUT2D eigenvalue weighted by atomic mass is 19.1. The van der Waals surface area contributed by atoms with Crippen LogP contribution < -0.4 is 11.3 Å². The first-order valence-electron chi connectivity index (χ1n) is 5.20. The van der Waals surface area contributed by atoms with Crippen molar-refractivity contribution in [3.63, 3.8) is 0 Å². The van der Waals surface area contributed by atoms with Crippen molar-refractivity contribution in [2.24, 2.45) is 5.84 Å². The number of nitrogens with one attached hydrogen (secondary N) is 1. The molecule has 0 aliphatic rings. The van der Waals surface area contributed by atoms with Crippen LogP contribution in [0.25, 0.3) is 0 Å². The Kier molecular flexibility index (Phi) is 3.41. The second-order valence-corrected chi connectivity index (χ2v) is 3.75. The van der Waals surface area contributed by atoms with Crippen LogP contribution in [0.2, 0.25) is 0 Å². The van der Waals surface area contributed by atoms with E-state index < -0.39 is 6.04 Å². The van der Waals surface area contributed by atoms with E-state index in [0.29, 0.717) is 11.3 Å². The van der Waals surface area contributed by atoms with Crippen molar-refractivity contribution >= 4 is 0 Å². The van der Waals surface area contributed by atoms with Gasteiger partial charge in [0, 0.05) is 18.0 Å². The van der Waals surface area contributed by atoms with Crippen LogP contribution in [0.3, 0.4) is 0 Å². The molecule has 17 heavy (non-hydrogen) atoms. The van der Waals surface area contributed by atoms with Crippen molar-refractivity contribution in [2.75, 3.05) is 0 Å². The molecule has 0 spiro atoms. The Morgan fingerprint density at radius 1 is 1.35 bits per heavy atom. The number of hydrazine groups is 1. The molecule has 0 radical (unpaired) electrons. The molecular formula is C12H13FN4. The highest BCUT2D eigenvalue weighted by Gasteiger charge is 2.17. The molecule has 0 aliphatic heterocycles. The molecule has 0 saturated carbocycles. The molecule has 0 aliphatic carbocycles. The van der Waals surface area contributed by atoms with E-state index in [2.05, 4.69) is 15.4 Å². The summed E-state index contributed by atoms with van der Waals surface area (Å²) in [4.78, 5) is 8.08. The standard InChI is InChI=1S/C12H13FN4/c1-8-2-3-10(13)9(6-8)12(17-14)11-7-15-4-5-16-11/h2-7,12,17H,14H2,1H3. The number of nitrogens with zero attached hydrogens (tertiary/aromatic N) is 2. The summed E-state index contributed by atoms with van der Waals surface area (Å²) in [5.41, 5.74) is 4.57. The molecule has 0 amide bonds. The summed E-state index contributed by atoms with van der Waals surface area (Å²) in [6.45, 7) is 1.90. The largest absolute Gasteiger partial charge is 0.271 e. The molecule has 1 unspecified atom stereocenters. The maximum absolute atomic E-state index is 13.7. The number of hydrogen-bond acceptors (Lipinski definition) is 4. The van der Waals surface area contributed by atoms with Crippen molar-refractivity contribution in [1.82, 2.24) is 15.4 Å². The SMILES string of the molecule is Cc1ccc(F)c(C(NN)c2cnccn2)c1. The molecule has 88 valence electrons. The van der Waals surface area contributed by atoms with Gasteiger partial charge in [0.2, 0.25) is 0 Å². The van der Waals surface area contributed by atoms with E-state index in [-0.39, 0.29) is 5.82 Å². The molecule has 1 heterocycles. The number of nitrogens with two attached hydrogens (primary N) is 1. The Hall–Kier alpha value is -1.85. The molecule has 2 aromatic rings. The van der Waals surface area contributed by atoms with Crippen LogP contribution in [0.1, 0.15) is 22.9 Å². The van der Waals surface area contributed by atoms with E-state index in [1.165, 1.54) is 6.07 Å². The van der Waals surface area contributed by atoms with E-state index in [0.717, 1.165) is 5.56 Å². The summed E-state index contributed by atoms with van der Waals surface area (Å²) in [5, 5.41) is 0. The number of aromatic nitrogens is 2. The van der Waals surface area contributed by atoms with Crippen LogP contribution in [0.5, 0.6) is 0 Å². The van der Waals surface area contributed by atoms with Crippen molar-refractivity contribution < 1.29 is 4.39 Å². The van der Waals surface area contributed by atoms with E-state index >= 15 is 0 Å². The minimum atomic E-state index is -0.497. The zero-order valence-electron chi connectivity index (χ0n) is 9.39. The van der Waals surface area contributed by atoms with Crippen molar-refractivity contribution in [1.29, 1.82) is 0 Å². The van der Waals surface area contributed by atoms with Crippen LogP contribution in [0, 0.1) is 12.7 Å². The number of aryl methyl sites for hydroxylation is 1. The third-order valence-corrected chi connectivity index (χ3v) is 2.51. The quantitative estimate of drug-likeness (QED) is 0.621. The van der Waals surface area contributed by atoms with E-state index in [1.54, 1.807) is 30.7 Å². The summed E-state index contributed by atoms with van der Waals surface area (Å²) >= 11 is 0. The van der Waals surface area contributed by atoms with E-state index in [1.807, 2.05) is 6.92 Å². The van der Waals surface area contributed by atoms with Gasteiger partial charge in [-0.1, -0.05) is 17.7 Å². The Morgan fingerprint density at radius 3 is 2.82 bits per heavy atom. The smallest absolute Gasteiger partial charge is 0.128 e. The second-order valence-electron chi connectivity index (χ2n) is 3.75. The van der Waals surface area contributed by atoms with Gasteiger partial charge in [-0.3, -0.25) is 15.8 Å². The molecule has 5 heteroatoms. The molecule has 0 bridgehead atoms. The van der Waals surface area contributed by atoms with Crippen LogP contribution in [-0.2, 0) is 0 Å². The maximum atomic E-state index is 13.7. The number of benzene rings is 1. The summed E-state index contributed by atoms with van der Waals surface area (Å²) in [5.74, 6) is 5.16. The predicted molar refractivity (Wildman–Crippen MR) is 62.3 cm³/mol. The molecule has 0 saturated heterocycles. The third kappa shape index (κ3) is 2.46. The molecule has 1 aromatic carbocycles. The lowest BCUT2D eigenvalue weighted by atomic mass is 10.0. The first-order chi connectivity index (χ1) is 8.22. The highest BCUT2D eigenvalue weighted by Crippen LogP contribution is 2.22. The first kappa shape index (κ1) is 11.6. The molecular weight excluding hydrogens is 219 g/mol. The van der Waals surface area contributed by atoms with E-state index in [4.69, 9.17) is 5.84 Å². The predicted octanol–water partition coefficient (Wildman–Crippen LogP) is 1.48. The zero-order chi connectivity index (χ0) is 12.3. The molecule has 1 aromatic heterocycles. The van der Waals surface area contributed by atoms with Crippen molar-refractivity contribution in [2.45, 2.75) is 13.0 Å². The Bertz CT molecular complexity index is 501. The summed E-state index contributed by atoms with van der Waals surface area (Å²) in [6, 6.07) is 4.38. The van der Waals surface area contributed by atoms with Gasteiger partial charge < -0.3 is 0 Å². The lowest BCUT2D eigenvalue weighted by molar-refractivity contribution is 0.551. The van der Waals surface area contributed by atoms with Crippen molar-refractivity contribution in [3.8, 4) is 0 Å². The van der Waals surface area contributed by atoms with Crippen LogP contribution in [0.4, 0.5) is 4.39 Å². The fraction of sp³-hybridized carbons (Fsp3) is 0.167. The minimum absolute atomic E-state index is 0.316. The minimum Gasteiger partial charge on any atom is -0.271 e. The normalized spacial score (nSPS) is 12.4. The molecule has 4 nitrogen and oxygen atoms in total. The van der Waals surface area contributed by atoms with Gasteiger partial charge in [0.25, 0.3) is 0 Å². The van der Waals surface area contributed by atoms with Gasteiger partial charge >= 0.3 is 0 Å². The Balaban J connectivity index is 2.46. The lowest BCUT2D eigenvalue weighted by Gasteiger charge is -2.16. The van der Waals surface area contributed by atoms with Gasteiger partial charge in [0.1, 0.15) is 5.82 Å². The highest BCUT2D eigenvalue weighted by molar-refractivity contribution is 5.31. The number of rotatable bonds is 3. The number of hydrogen-bond donors (Lipinski definition) is 2. The van der Waals surface area contributed by atoms with Crippen molar-refractivity contribution in [3.05, 3.63) is 59.4 Å². The molecule has 2 rings (SSSR count). The first-order valence-corrected chi connectivity index (χ1v) is 5.20. The summed E-state index contributed by atoms with van der Waals surface area (Å²) in [6.07, 6.45) is 4.67. The lowest BCUT2D eigenvalue weighted by Crippen LogP contribution is -2.30. The Labute approximate surface area is 98.7 Å². The summed E-state index contributed by atoms with van der Waals surface area (Å²) < 4.78 is 13.7. The fourth-order valence-corrected chi connectivity index (χ4v) is 1.68. The monoisotopic (exact) mass is 232 g/mol. The van der Waals surface area contributed by atoms with Gasteiger partial charge in [0.15, 0.2) is 0 Å². The van der Waals surface area contributed by atoms with Gasteiger partial charge in [-0.25, -0.2) is 9.82 Å². The second kappa shape index (κ2) is 4.99. The zero-order valence-corrected chi connectivity index (χ0v) is 9.39. The molecule has 3 N–H and O–H groups in total. The molecule has 0 fully saturated rings. The fourth-order valence-electron chi connectivity index (χ4n) is 1.68. The van der Waals surface area contributed by atoms with Crippen LogP contribution >= 0.6 is 0 Å². The Morgan fingerprint density at radius 2 is 2.18 bits per heavy atom. The number of halogens is 1. The maximum Gasteiger partial charge on any atom is 0.128 e. The average Bonchev–Trinajstić information content (AvgIpc) is 2.36. The van der Waals surface area contributed by atoms with Gasteiger partial charge in [-0.15, -0.1) is 0 Å². The van der Waals surface area contributed by atoms with E-state index in [9.17, 15) is 4.39 Å². The third-order valence-electron chi connectivity index (χ3n) is 2.51. The average molecular weight is 232 g/mol.